The molecule has 4 atom stereocenters. The molecule has 2 aromatic heterocycles. The van der Waals surface area contributed by atoms with Crippen molar-refractivity contribution < 1.29 is 0 Å². The molecule has 0 saturated heterocycles. The molecular weight excluding hydrogens is 428 g/mol. The van der Waals surface area contributed by atoms with E-state index in [0.29, 0.717) is 11.8 Å². The molecule has 35 heavy (non-hydrogen) atoms. The molecule has 0 saturated carbocycles. The van der Waals surface area contributed by atoms with Crippen LogP contribution in [0.5, 0.6) is 0 Å². The zero-order chi connectivity index (χ0) is 24.2. The van der Waals surface area contributed by atoms with E-state index in [1.807, 2.05) is 18.6 Å². The topological polar surface area (TPSA) is 32.3 Å². The Morgan fingerprint density at radius 1 is 0.971 bits per heavy atom. The van der Waals surface area contributed by atoms with Crippen molar-refractivity contribution in [1.82, 2.24) is 9.97 Å². The average Bonchev–Trinajstić information content (AvgIpc) is 3.24. The van der Waals surface area contributed by atoms with Crippen molar-refractivity contribution in [3.05, 3.63) is 97.5 Å². The van der Waals surface area contributed by atoms with Crippen LogP contribution in [-0.4, -0.2) is 16.1 Å². The van der Waals surface area contributed by atoms with Gasteiger partial charge in [0.25, 0.3) is 0 Å². The van der Waals surface area contributed by atoms with Gasteiger partial charge in [0.1, 0.15) is 6.17 Å². The van der Waals surface area contributed by atoms with Crippen molar-refractivity contribution >= 4 is 33.7 Å². The summed E-state index contributed by atoms with van der Waals surface area (Å²) in [4.78, 5) is 14.7. The van der Waals surface area contributed by atoms with E-state index in [2.05, 4.69) is 109 Å². The summed E-state index contributed by atoms with van der Waals surface area (Å²) in [6.07, 6.45) is 10.2. The molecule has 0 radical (unpaired) electrons. The SMILES string of the molecule is C=CC1C(CC)c2ccccc2N2c3ncc4ccncc4c3N(c3ccccc3)C2C1(C)CC. The molecule has 0 bridgehead atoms. The smallest absolute Gasteiger partial charge is 0.159 e. The van der Waals surface area contributed by atoms with E-state index in [-0.39, 0.29) is 11.6 Å². The summed E-state index contributed by atoms with van der Waals surface area (Å²) in [5.41, 5.74) is 4.86. The van der Waals surface area contributed by atoms with Gasteiger partial charge in [0, 0.05) is 46.2 Å². The predicted octanol–water partition coefficient (Wildman–Crippen LogP) is 7.97. The Bertz CT molecular complexity index is 1400. The molecule has 2 aliphatic heterocycles. The summed E-state index contributed by atoms with van der Waals surface area (Å²) in [7, 11) is 0. The van der Waals surface area contributed by atoms with Crippen molar-refractivity contribution in [2.75, 3.05) is 9.80 Å². The number of rotatable bonds is 4. The van der Waals surface area contributed by atoms with E-state index in [1.165, 1.54) is 16.9 Å². The largest absolute Gasteiger partial charge is 0.316 e. The lowest BCUT2D eigenvalue weighted by atomic mass is 9.65. The van der Waals surface area contributed by atoms with E-state index in [4.69, 9.17) is 4.98 Å². The van der Waals surface area contributed by atoms with Gasteiger partial charge in [-0.1, -0.05) is 63.2 Å². The number of allylic oxidation sites excluding steroid dienone is 1. The Morgan fingerprint density at radius 3 is 2.49 bits per heavy atom. The van der Waals surface area contributed by atoms with E-state index >= 15 is 0 Å². The average molecular weight is 461 g/mol. The molecule has 4 unspecified atom stereocenters. The highest BCUT2D eigenvalue weighted by molar-refractivity contribution is 6.04. The summed E-state index contributed by atoms with van der Waals surface area (Å²) in [6.45, 7) is 11.5. The van der Waals surface area contributed by atoms with Crippen molar-refractivity contribution in [1.29, 1.82) is 0 Å². The standard InChI is InChI=1S/C31H32N4/c1-5-23-24-15-11-12-16-27(24)35-29-28(25-20-32-18-17-21(25)19-33-29)34(22-13-9-8-10-14-22)30(35)31(4,7-3)26(23)6-2/h6,8-20,23,26,30H,2,5,7H2,1,3-4H3. The second kappa shape index (κ2) is 8.23. The second-order valence-corrected chi connectivity index (χ2v) is 10.0. The first kappa shape index (κ1) is 21.8. The lowest BCUT2D eigenvalue weighted by molar-refractivity contribution is 0.153. The molecular formula is C31H32N4. The number of anilines is 4. The van der Waals surface area contributed by atoms with Crippen LogP contribution in [0.2, 0.25) is 0 Å². The molecule has 2 aromatic carbocycles. The van der Waals surface area contributed by atoms with Gasteiger partial charge in [-0.2, -0.15) is 0 Å². The third kappa shape index (κ3) is 2.99. The fourth-order valence-corrected chi connectivity index (χ4v) is 6.66. The minimum Gasteiger partial charge on any atom is -0.316 e. The second-order valence-electron chi connectivity index (χ2n) is 10.0. The summed E-state index contributed by atoms with van der Waals surface area (Å²) >= 11 is 0. The molecule has 6 rings (SSSR count). The highest BCUT2D eigenvalue weighted by Crippen LogP contribution is 2.61. The molecule has 0 N–H and O–H groups in total. The molecule has 4 heteroatoms. The van der Waals surface area contributed by atoms with Crippen molar-refractivity contribution in [2.45, 2.75) is 45.7 Å². The van der Waals surface area contributed by atoms with Gasteiger partial charge >= 0.3 is 0 Å². The molecule has 4 nitrogen and oxygen atoms in total. The Kier molecular flexibility index (Phi) is 5.14. The molecule has 0 spiro atoms. The van der Waals surface area contributed by atoms with Gasteiger partial charge in [-0.25, -0.2) is 4.98 Å². The van der Waals surface area contributed by atoms with Gasteiger partial charge in [0.15, 0.2) is 5.82 Å². The van der Waals surface area contributed by atoms with Gasteiger partial charge in [-0.05, 0) is 54.5 Å². The molecule has 4 heterocycles. The molecule has 0 aliphatic carbocycles. The van der Waals surface area contributed by atoms with Crippen molar-refractivity contribution in [2.24, 2.45) is 11.3 Å². The van der Waals surface area contributed by atoms with Crippen LogP contribution in [-0.2, 0) is 0 Å². The van der Waals surface area contributed by atoms with Crippen molar-refractivity contribution in [3.8, 4) is 0 Å². The predicted molar refractivity (Wildman–Crippen MR) is 146 cm³/mol. The van der Waals surface area contributed by atoms with E-state index in [0.717, 1.165) is 35.1 Å². The highest BCUT2D eigenvalue weighted by Gasteiger charge is 2.55. The van der Waals surface area contributed by atoms with E-state index in [9.17, 15) is 0 Å². The molecule has 0 fully saturated rings. The number of nitrogens with zero attached hydrogens (tertiary/aromatic N) is 4. The van der Waals surface area contributed by atoms with Crippen molar-refractivity contribution in [3.63, 3.8) is 0 Å². The summed E-state index contributed by atoms with van der Waals surface area (Å²) in [5, 5.41) is 2.24. The third-order valence-electron chi connectivity index (χ3n) is 8.48. The number of aromatic nitrogens is 2. The van der Waals surface area contributed by atoms with Crippen LogP contribution >= 0.6 is 0 Å². The lowest BCUT2D eigenvalue weighted by Crippen LogP contribution is -2.52. The molecule has 0 amide bonds. The van der Waals surface area contributed by atoms with Gasteiger partial charge in [-0.3, -0.25) is 4.98 Å². The van der Waals surface area contributed by atoms with E-state index in [1.54, 1.807) is 0 Å². The molecule has 4 aromatic rings. The third-order valence-corrected chi connectivity index (χ3v) is 8.48. The maximum Gasteiger partial charge on any atom is 0.159 e. The first-order valence-corrected chi connectivity index (χ1v) is 12.7. The minimum atomic E-state index is -0.0908. The Balaban J connectivity index is 1.75. The monoisotopic (exact) mass is 460 g/mol. The number of benzene rings is 2. The Labute approximate surface area is 207 Å². The van der Waals surface area contributed by atoms with Crippen LogP contribution in [0, 0.1) is 11.3 Å². The summed E-state index contributed by atoms with van der Waals surface area (Å²) < 4.78 is 0. The van der Waals surface area contributed by atoms with Crippen LogP contribution in [0.25, 0.3) is 10.8 Å². The van der Waals surface area contributed by atoms with Gasteiger partial charge in [0.05, 0.1) is 5.69 Å². The molecule has 2 aliphatic rings. The van der Waals surface area contributed by atoms with Crippen LogP contribution in [0.4, 0.5) is 22.9 Å². The number of para-hydroxylation sites is 2. The van der Waals surface area contributed by atoms with Gasteiger partial charge in [-0.15, -0.1) is 6.58 Å². The summed E-state index contributed by atoms with van der Waals surface area (Å²) in [5.74, 6) is 1.70. The number of pyridine rings is 2. The maximum absolute atomic E-state index is 5.12. The first-order chi connectivity index (χ1) is 17.1. The minimum absolute atomic E-state index is 0.0453. The van der Waals surface area contributed by atoms with Gasteiger partial charge in [0.2, 0.25) is 0 Å². The fourth-order valence-electron chi connectivity index (χ4n) is 6.66. The Morgan fingerprint density at radius 2 is 1.74 bits per heavy atom. The van der Waals surface area contributed by atoms with Crippen LogP contribution < -0.4 is 9.80 Å². The quantitative estimate of drug-likeness (QED) is 0.289. The number of fused-ring (bicyclic) bond motifs is 7. The normalized spacial score (nSPS) is 25.1. The zero-order valence-electron chi connectivity index (χ0n) is 20.7. The lowest BCUT2D eigenvalue weighted by Gasteiger charge is -2.47. The van der Waals surface area contributed by atoms with Crippen LogP contribution in [0.3, 0.4) is 0 Å². The summed E-state index contributed by atoms with van der Waals surface area (Å²) in [6, 6.07) is 21.8. The van der Waals surface area contributed by atoms with Gasteiger partial charge < -0.3 is 9.80 Å². The maximum atomic E-state index is 5.12. The first-order valence-electron chi connectivity index (χ1n) is 12.7. The van der Waals surface area contributed by atoms with Crippen LogP contribution in [0.1, 0.15) is 45.1 Å². The zero-order valence-corrected chi connectivity index (χ0v) is 20.7. The van der Waals surface area contributed by atoms with Crippen LogP contribution in [0.15, 0.2) is 91.9 Å². The highest BCUT2D eigenvalue weighted by atomic mass is 15.5. The molecule has 176 valence electrons. The van der Waals surface area contributed by atoms with E-state index < -0.39 is 0 Å². The number of hydrogen-bond donors (Lipinski definition) is 0. The fraction of sp³-hybridized carbons (Fsp3) is 0.290. The Hall–Kier alpha value is -3.66. The number of hydrogen-bond acceptors (Lipinski definition) is 4.